The zero-order chi connectivity index (χ0) is 11.2. The van der Waals surface area contributed by atoms with Crippen LogP contribution in [0.3, 0.4) is 0 Å². The topological polar surface area (TPSA) is 23.5 Å². The molecule has 2 nitrogen and oxygen atoms in total. The smallest absolute Gasteiger partial charge is 0.0844 e. The highest BCUT2D eigenvalue weighted by molar-refractivity contribution is 5.63. The summed E-state index contributed by atoms with van der Waals surface area (Å²) in [5, 5.41) is 10.1. The van der Waals surface area contributed by atoms with Gasteiger partial charge in [-0.1, -0.05) is 19.1 Å². The van der Waals surface area contributed by atoms with Gasteiger partial charge in [0.05, 0.1) is 5.60 Å². The molecule has 2 heteroatoms. The van der Waals surface area contributed by atoms with Gasteiger partial charge in [-0.25, -0.2) is 0 Å². The van der Waals surface area contributed by atoms with Crippen molar-refractivity contribution in [1.29, 1.82) is 0 Å². The molecule has 15 heavy (non-hydrogen) atoms. The first-order valence-corrected chi connectivity index (χ1v) is 5.48. The van der Waals surface area contributed by atoms with Crippen molar-refractivity contribution in [2.45, 2.75) is 32.3 Å². The van der Waals surface area contributed by atoms with E-state index in [2.05, 4.69) is 24.9 Å². The van der Waals surface area contributed by atoms with Crippen LogP contribution in [0.15, 0.2) is 18.2 Å². The van der Waals surface area contributed by atoms with Crippen LogP contribution in [0.25, 0.3) is 0 Å². The SMILES string of the molecule is CC1CN(C)c2cccc(C(C)(C)O)c21. The molecule has 1 aliphatic rings. The molecule has 82 valence electrons. The molecule has 0 bridgehead atoms. The second-order valence-electron chi connectivity index (χ2n) is 5.08. The molecular weight excluding hydrogens is 186 g/mol. The molecule has 0 aromatic heterocycles. The van der Waals surface area contributed by atoms with Gasteiger partial charge in [0.2, 0.25) is 0 Å². The Morgan fingerprint density at radius 2 is 2.07 bits per heavy atom. The van der Waals surface area contributed by atoms with Crippen LogP contribution in [0, 0.1) is 0 Å². The minimum Gasteiger partial charge on any atom is -0.386 e. The van der Waals surface area contributed by atoms with Crippen LogP contribution in [-0.2, 0) is 5.60 Å². The molecule has 1 atom stereocenters. The van der Waals surface area contributed by atoms with Crippen molar-refractivity contribution in [2.75, 3.05) is 18.5 Å². The van der Waals surface area contributed by atoms with Crippen LogP contribution >= 0.6 is 0 Å². The van der Waals surface area contributed by atoms with Gasteiger partial charge in [0, 0.05) is 25.2 Å². The molecule has 1 heterocycles. The molecule has 0 amide bonds. The Morgan fingerprint density at radius 1 is 1.40 bits per heavy atom. The van der Waals surface area contributed by atoms with Gasteiger partial charge in [0.15, 0.2) is 0 Å². The van der Waals surface area contributed by atoms with Crippen LogP contribution in [0.5, 0.6) is 0 Å². The van der Waals surface area contributed by atoms with E-state index in [4.69, 9.17) is 0 Å². The normalized spacial score (nSPS) is 20.6. The third-order valence-electron chi connectivity index (χ3n) is 3.19. The molecule has 0 fully saturated rings. The number of benzene rings is 1. The summed E-state index contributed by atoms with van der Waals surface area (Å²) in [6.07, 6.45) is 0. The molecule has 0 aliphatic carbocycles. The van der Waals surface area contributed by atoms with Crippen LogP contribution in [0.1, 0.15) is 37.8 Å². The van der Waals surface area contributed by atoms with Crippen molar-refractivity contribution in [3.63, 3.8) is 0 Å². The van der Waals surface area contributed by atoms with E-state index in [0.29, 0.717) is 5.92 Å². The minimum atomic E-state index is -0.745. The number of hydrogen-bond donors (Lipinski definition) is 1. The minimum absolute atomic E-state index is 0.507. The molecule has 1 aliphatic heterocycles. The zero-order valence-corrected chi connectivity index (χ0v) is 9.91. The fourth-order valence-corrected chi connectivity index (χ4v) is 2.54. The average Bonchev–Trinajstić information content (AvgIpc) is 2.41. The monoisotopic (exact) mass is 205 g/mol. The maximum absolute atomic E-state index is 10.1. The largest absolute Gasteiger partial charge is 0.386 e. The Morgan fingerprint density at radius 3 is 2.67 bits per heavy atom. The lowest BCUT2D eigenvalue weighted by Crippen LogP contribution is -2.18. The van der Waals surface area contributed by atoms with Crippen LogP contribution in [-0.4, -0.2) is 18.7 Å². The van der Waals surface area contributed by atoms with Gasteiger partial charge in [0.1, 0.15) is 0 Å². The molecule has 1 aromatic carbocycles. The standard InChI is InChI=1S/C13H19NO/c1-9-8-14(4)11-7-5-6-10(12(9)11)13(2,3)15/h5-7,9,15H,8H2,1-4H3. The van der Waals surface area contributed by atoms with Gasteiger partial charge in [-0.15, -0.1) is 0 Å². The van der Waals surface area contributed by atoms with E-state index in [-0.39, 0.29) is 0 Å². The van der Waals surface area contributed by atoms with E-state index in [9.17, 15) is 5.11 Å². The number of aliphatic hydroxyl groups is 1. The highest BCUT2D eigenvalue weighted by atomic mass is 16.3. The Labute approximate surface area is 91.5 Å². The first kappa shape index (κ1) is 10.5. The van der Waals surface area contributed by atoms with E-state index in [0.717, 1.165) is 12.1 Å². The second kappa shape index (κ2) is 3.24. The van der Waals surface area contributed by atoms with Crippen molar-refractivity contribution in [3.05, 3.63) is 29.3 Å². The van der Waals surface area contributed by atoms with Gasteiger partial charge < -0.3 is 10.0 Å². The summed E-state index contributed by atoms with van der Waals surface area (Å²) in [5.41, 5.74) is 2.90. The summed E-state index contributed by atoms with van der Waals surface area (Å²) in [4.78, 5) is 2.26. The lowest BCUT2D eigenvalue weighted by molar-refractivity contribution is 0.0775. The van der Waals surface area contributed by atoms with E-state index < -0.39 is 5.60 Å². The third kappa shape index (κ3) is 1.63. The summed E-state index contributed by atoms with van der Waals surface area (Å²) in [6, 6.07) is 6.20. The summed E-state index contributed by atoms with van der Waals surface area (Å²) < 4.78 is 0. The maximum atomic E-state index is 10.1. The molecule has 1 aromatic rings. The molecule has 0 saturated carbocycles. The fraction of sp³-hybridized carbons (Fsp3) is 0.538. The Hall–Kier alpha value is -1.02. The highest BCUT2D eigenvalue weighted by Gasteiger charge is 2.30. The number of nitrogens with zero attached hydrogens (tertiary/aromatic N) is 1. The summed E-state index contributed by atoms with van der Waals surface area (Å²) in [6.45, 7) is 6.97. The maximum Gasteiger partial charge on any atom is 0.0844 e. The van der Waals surface area contributed by atoms with Crippen molar-refractivity contribution in [3.8, 4) is 0 Å². The van der Waals surface area contributed by atoms with Crippen molar-refractivity contribution < 1.29 is 5.11 Å². The molecule has 1 N–H and O–H groups in total. The average molecular weight is 205 g/mol. The van der Waals surface area contributed by atoms with Gasteiger partial charge >= 0.3 is 0 Å². The van der Waals surface area contributed by atoms with Crippen LogP contribution < -0.4 is 4.90 Å². The molecule has 0 saturated heterocycles. The molecule has 0 spiro atoms. The molecule has 0 radical (unpaired) electrons. The quantitative estimate of drug-likeness (QED) is 0.761. The van der Waals surface area contributed by atoms with Gasteiger partial charge in [0.25, 0.3) is 0 Å². The number of likely N-dealkylation sites (N-methyl/N-ethyl adjacent to an activating group) is 1. The third-order valence-corrected chi connectivity index (χ3v) is 3.19. The zero-order valence-electron chi connectivity index (χ0n) is 9.91. The number of fused-ring (bicyclic) bond motifs is 1. The first-order chi connectivity index (χ1) is 6.91. The first-order valence-electron chi connectivity index (χ1n) is 5.48. The van der Waals surface area contributed by atoms with E-state index in [1.165, 1.54) is 11.3 Å². The summed E-state index contributed by atoms with van der Waals surface area (Å²) in [5.74, 6) is 0.507. The predicted molar refractivity (Wildman–Crippen MR) is 63.4 cm³/mol. The Kier molecular flexibility index (Phi) is 2.27. The molecular formula is C13H19NO. The van der Waals surface area contributed by atoms with Crippen LogP contribution in [0.2, 0.25) is 0 Å². The van der Waals surface area contributed by atoms with Crippen molar-refractivity contribution in [2.24, 2.45) is 0 Å². The number of rotatable bonds is 1. The Balaban J connectivity index is 2.61. The molecule has 2 rings (SSSR count). The van der Waals surface area contributed by atoms with Crippen molar-refractivity contribution >= 4 is 5.69 Å². The predicted octanol–water partition coefficient (Wildman–Crippen LogP) is 2.47. The Bertz CT molecular complexity index is 379. The van der Waals surface area contributed by atoms with E-state index in [1.807, 2.05) is 26.0 Å². The van der Waals surface area contributed by atoms with E-state index >= 15 is 0 Å². The fourth-order valence-electron chi connectivity index (χ4n) is 2.54. The lowest BCUT2D eigenvalue weighted by atomic mass is 9.88. The van der Waals surface area contributed by atoms with Crippen molar-refractivity contribution in [1.82, 2.24) is 0 Å². The lowest BCUT2D eigenvalue weighted by Gasteiger charge is -2.23. The number of anilines is 1. The summed E-state index contributed by atoms with van der Waals surface area (Å²) >= 11 is 0. The summed E-state index contributed by atoms with van der Waals surface area (Å²) in [7, 11) is 2.11. The highest BCUT2D eigenvalue weighted by Crippen LogP contribution is 2.40. The second-order valence-corrected chi connectivity index (χ2v) is 5.08. The van der Waals surface area contributed by atoms with Crippen LogP contribution in [0.4, 0.5) is 5.69 Å². The van der Waals surface area contributed by atoms with Gasteiger partial charge in [-0.05, 0) is 31.0 Å². The van der Waals surface area contributed by atoms with Gasteiger partial charge in [-0.2, -0.15) is 0 Å². The molecule has 1 unspecified atom stereocenters. The van der Waals surface area contributed by atoms with Gasteiger partial charge in [-0.3, -0.25) is 0 Å². The number of hydrogen-bond acceptors (Lipinski definition) is 2. The van der Waals surface area contributed by atoms with E-state index in [1.54, 1.807) is 0 Å².